The summed E-state index contributed by atoms with van der Waals surface area (Å²) < 4.78 is 39.8. The molecule has 24 heavy (non-hydrogen) atoms. The number of carbonyl (C=O) groups excluding carboxylic acids is 1. The highest BCUT2D eigenvalue weighted by Crippen LogP contribution is 2.32. The van der Waals surface area contributed by atoms with E-state index < -0.39 is 11.7 Å². The zero-order chi connectivity index (χ0) is 17.3. The van der Waals surface area contributed by atoms with Crippen molar-refractivity contribution >= 4 is 23.2 Å². The fourth-order valence-corrected chi connectivity index (χ4v) is 2.37. The van der Waals surface area contributed by atoms with Crippen LogP contribution in [0.2, 0.25) is 5.02 Å². The number of pyridine rings is 1. The molecule has 2 aromatic heterocycles. The fourth-order valence-electron chi connectivity index (χ4n) is 2.13. The van der Waals surface area contributed by atoms with Gasteiger partial charge in [0.2, 0.25) is 0 Å². The van der Waals surface area contributed by atoms with Crippen LogP contribution in [0, 0.1) is 0 Å². The molecule has 0 saturated carbocycles. The van der Waals surface area contributed by atoms with Gasteiger partial charge in [-0.05, 0) is 18.2 Å². The first-order valence-corrected chi connectivity index (χ1v) is 7.17. The van der Waals surface area contributed by atoms with Crippen LogP contribution >= 0.6 is 11.6 Å². The van der Waals surface area contributed by atoms with E-state index >= 15 is 0 Å². The van der Waals surface area contributed by atoms with Gasteiger partial charge in [-0.25, -0.2) is 0 Å². The Labute approximate surface area is 139 Å². The van der Waals surface area contributed by atoms with Crippen molar-refractivity contribution in [1.29, 1.82) is 0 Å². The summed E-state index contributed by atoms with van der Waals surface area (Å²) in [5.41, 5.74) is -0.399. The van der Waals surface area contributed by atoms with Crippen LogP contribution in [0.1, 0.15) is 21.7 Å². The summed E-state index contributed by atoms with van der Waals surface area (Å²) in [7, 11) is 0. The summed E-state index contributed by atoms with van der Waals surface area (Å²) in [6.07, 6.45) is -3.70. The average molecular weight is 355 g/mol. The van der Waals surface area contributed by atoms with Crippen LogP contribution in [-0.2, 0) is 12.7 Å². The Balaban J connectivity index is 1.87. The lowest BCUT2D eigenvalue weighted by Gasteiger charge is -2.09. The van der Waals surface area contributed by atoms with Crippen molar-refractivity contribution in [3.05, 3.63) is 64.6 Å². The largest absolute Gasteiger partial charge is 0.417 e. The number of hydrogen-bond acceptors (Lipinski definition) is 3. The highest BCUT2D eigenvalue weighted by Gasteiger charge is 2.32. The van der Waals surface area contributed by atoms with Gasteiger partial charge in [0, 0.05) is 11.8 Å². The predicted octanol–water partition coefficient (Wildman–Crippen LogP) is 3.33. The third-order valence-corrected chi connectivity index (χ3v) is 3.58. The van der Waals surface area contributed by atoms with Crippen molar-refractivity contribution in [2.24, 2.45) is 0 Å². The Hall–Kier alpha value is -2.61. The van der Waals surface area contributed by atoms with Crippen LogP contribution in [0.25, 0.3) is 5.65 Å². The molecule has 1 aromatic carbocycles. The number of aromatic nitrogens is 3. The summed E-state index contributed by atoms with van der Waals surface area (Å²) in [5, 5.41) is 9.96. The molecule has 9 heteroatoms. The number of nitrogens with one attached hydrogen (secondary N) is 1. The molecule has 1 N–H and O–H groups in total. The molecule has 0 radical (unpaired) electrons. The molecule has 0 fully saturated rings. The van der Waals surface area contributed by atoms with E-state index in [0.29, 0.717) is 5.56 Å². The minimum Gasteiger partial charge on any atom is -0.345 e. The molecule has 2 heterocycles. The molecular weight excluding hydrogens is 345 g/mol. The van der Waals surface area contributed by atoms with Crippen LogP contribution < -0.4 is 5.32 Å². The Morgan fingerprint density at radius 3 is 2.58 bits per heavy atom. The van der Waals surface area contributed by atoms with E-state index in [2.05, 4.69) is 15.5 Å². The third kappa shape index (κ3) is 3.18. The molecule has 0 saturated heterocycles. The van der Waals surface area contributed by atoms with E-state index in [0.717, 1.165) is 16.7 Å². The maximum Gasteiger partial charge on any atom is 0.417 e. The maximum atomic E-state index is 12.9. The molecule has 124 valence electrons. The number of rotatable bonds is 3. The lowest BCUT2D eigenvalue weighted by atomic mass is 10.2. The van der Waals surface area contributed by atoms with Crippen molar-refractivity contribution in [2.45, 2.75) is 12.7 Å². The Kier molecular flexibility index (Phi) is 4.15. The molecule has 0 aliphatic carbocycles. The molecule has 0 atom stereocenters. The van der Waals surface area contributed by atoms with E-state index in [1.165, 1.54) is 0 Å². The second kappa shape index (κ2) is 6.12. The summed E-state index contributed by atoms with van der Waals surface area (Å²) in [6.45, 7) is -0.0907. The fraction of sp³-hybridized carbons (Fsp3) is 0.133. The lowest BCUT2D eigenvalue weighted by Crippen LogP contribution is -2.24. The SMILES string of the molecule is O=C(NCc1nnc2c(Cl)cc(C(F)(F)F)cn12)c1ccccc1. The summed E-state index contributed by atoms with van der Waals surface area (Å²) in [4.78, 5) is 12.0. The molecule has 0 bridgehead atoms. The van der Waals surface area contributed by atoms with Gasteiger partial charge in [0.25, 0.3) is 5.91 Å². The van der Waals surface area contributed by atoms with Gasteiger partial charge < -0.3 is 5.32 Å². The molecule has 3 aromatic rings. The smallest absolute Gasteiger partial charge is 0.345 e. The number of hydrogen-bond donors (Lipinski definition) is 1. The van der Waals surface area contributed by atoms with Crippen LogP contribution in [0.4, 0.5) is 13.2 Å². The quantitative estimate of drug-likeness (QED) is 0.785. The molecule has 5 nitrogen and oxygen atoms in total. The standard InChI is InChI=1S/C15H10ClF3N4O/c16-11-6-10(15(17,18)19)8-23-12(21-22-13(11)23)7-20-14(24)9-4-2-1-3-5-9/h1-6,8H,7H2,(H,20,24). The minimum absolute atomic E-state index is 0.0907. The Bertz CT molecular complexity index is 893. The first-order chi connectivity index (χ1) is 11.4. The van der Waals surface area contributed by atoms with Gasteiger partial charge in [0.15, 0.2) is 11.5 Å². The van der Waals surface area contributed by atoms with Crippen LogP contribution in [-0.4, -0.2) is 20.5 Å². The molecule has 1 amide bonds. The number of amides is 1. The number of alkyl halides is 3. The highest BCUT2D eigenvalue weighted by molar-refractivity contribution is 6.33. The van der Waals surface area contributed by atoms with Crippen molar-refractivity contribution in [3.8, 4) is 0 Å². The average Bonchev–Trinajstić information content (AvgIpc) is 2.96. The minimum atomic E-state index is -4.55. The van der Waals surface area contributed by atoms with Crippen LogP contribution in [0.3, 0.4) is 0 Å². The van der Waals surface area contributed by atoms with Crippen molar-refractivity contribution < 1.29 is 18.0 Å². The second-order valence-electron chi connectivity index (χ2n) is 4.93. The first-order valence-electron chi connectivity index (χ1n) is 6.80. The van der Waals surface area contributed by atoms with E-state index in [9.17, 15) is 18.0 Å². The number of halogens is 4. The first kappa shape index (κ1) is 16.3. The monoisotopic (exact) mass is 354 g/mol. The van der Waals surface area contributed by atoms with Gasteiger partial charge in [-0.15, -0.1) is 10.2 Å². The maximum absolute atomic E-state index is 12.9. The van der Waals surface area contributed by atoms with E-state index in [1.807, 2.05) is 0 Å². The zero-order valence-corrected chi connectivity index (χ0v) is 12.8. The van der Waals surface area contributed by atoms with Crippen LogP contribution in [0.5, 0.6) is 0 Å². The Morgan fingerprint density at radius 1 is 1.21 bits per heavy atom. The van der Waals surface area contributed by atoms with Crippen molar-refractivity contribution in [1.82, 2.24) is 19.9 Å². The number of fused-ring (bicyclic) bond motifs is 1. The number of nitrogens with zero attached hydrogens (tertiary/aromatic N) is 3. The normalized spacial score (nSPS) is 11.7. The van der Waals surface area contributed by atoms with Gasteiger partial charge in [-0.2, -0.15) is 13.2 Å². The second-order valence-corrected chi connectivity index (χ2v) is 5.34. The number of benzene rings is 1. The van der Waals surface area contributed by atoms with E-state index in [1.54, 1.807) is 30.3 Å². The van der Waals surface area contributed by atoms with Gasteiger partial charge in [-0.1, -0.05) is 29.8 Å². The zero-order valence-electron chi connectivity index (χ0n) is 12.0. The summed E-state index contributed by atoms with van der Waals surface area (Å²) in [6, 6.07) is 9.21. The topological polar surface area (TPSA) is 59.3 Å². The van der Waals surface area contributed by atoms with E-state index in [-0.39, 0.29) is 28.9 Å². The third-order valence-electron chi connectivity index (χ3n) is 3.30. The van der Waals surface area contributed by atoms with Gasteiger partial charge in [0.05, 0.1) is 17.1 Å². The summed E-state index contributed by atoms with van der Waals surface area (Å²) in [5.74, 6) is -0.229. The number of carbonyl (C=O) groups is 1. The van der Waals surface area contributed by atoms with Crippen molar-refractivity contribution in [2.75, 3.05) is 0 Å². The molecule has 0 aliphatic rings. The molecule has 3 rings (SSSR count). The molecule has 0 aliphatic heterocycles. The van der Waals surface area contributed by atoms with Gasteiger partial charge >= 0.3 is 6.18 Å². The van der Waals surface area contributed by atoms with Gasteiger partial charge in [0.1, 0.15) is 0 Å². The van der Waals surface area contributed by atoms with Crippen molar-refractivity contribution in [3.63, 3.8) is 0 Å². The molecular formula is C15H10ClF3N4O. The summed E-state index contributed by atoms with van der Waals surface area (Å²) >= 11 is 5.83. The van der Waals surface area contributed by atoms with Crippen LogP contribution in [0.15, 0.2) is 42.6 Å². The predicted molar refractivity (Wildman–Crippen MR) is 80.6 cm³/mol. The van der Waals surface area contributed by atoms with Gasteiger partial charge in [-0.3, -0.25) is 9.20 Å². The highest BCUT2D eigenvalue weighted by atomic mass is 35.5. The Morgan fingerprint density at radius 2 is 1.92 bits per heavy atom. The lowest BCUT2D eigenvalue weighted by molar-refractivity contribution is -0.137. The molecule has 0 spiro atoms. The molecule has 0 unspecified atom stereocenters. The van der Waals surface area contributed by atoms with E-state index in [4.69, 9.17) is 11.6 Å².